The smallest absolute Gasteiger partial charge is 0.416 e. The molecule has 3 aromatic carbocycles. The Morgan fingerprint density at radius 2 is 1.81 bits per heavy atom. The molecule has 0 bridgehead atoms. The van der Waals surface area contributed by atoms with Gasteiger partial charge < -0.3 is 14.8 Å². The number of methoxy groups -OCH3 is 1. The summed E-state index contributed by atoms with van der Waals surface area (Å²) in [5, 5.41) is 23.5. The Labute approximate surface area is 222 Å². The molecule has 0 aliphatic heterocycles. The lowest BCUT2D eigenvalue weighted by Crippen LogP contribution is -2.13. The van der Waals surface area contributed by atoms with Gasteiger partial charge in [0.05, 0.1) is 21.2 Å². The number of nitrogens with one attached hydrogen (secondary N) is 1. The summed E-state index contributed by atoms with van der Waals surface area (Å²) < 4.78 is 50.3. The molecule has 3 aromatic rings. The first-order valence-electron chi connectivity index (χ1n) is 10.3. The molecule has 0 atom stereocenters. The van der Waals surface area contributed by atoms with Gasteiger partial charge in [0.1, 0.15) is 11.6 Å². The highest BCUT2D eigenvalue weighted by atomic mass is 127. The topological polar surface area (TPSA) is 114 Å². The van der Waals surface area contributed by atoms with Crippen molar-refractivity contribution in [2.45, 2.75) is 13.1 Å². The molecule has 0 spiro atoms. The molecule has 190 valence electrons. The van der Waals surface area contributed by atoms with E-state index in [1.807, 2.05) is 35.6 Å². The third-order valence-electron chi connectivity index (χ3n) is 4.93. The first-order chi connectivity index (χ1) is 17.4. The van der Waals surface area contributed by atoms with Crippen molar-refractivity contribution in [2.24, 2.45) is 0 Å². The maximum atomic E-state index is 13.0. The van der Waals surface area contributed by atoms with Crippen LogP contribution < -0.4 is 14.8 Å². The average molecular weight is 623 g/mol. The van der Waals surface area contributed by atoms with E-state index >= 15 is 0 Å². The molecule has 0 aromatic heterocycles. The predicted octanol–water partition coefficient (Wildman–Crippen LogP) is 6.87. The molecule has 0 saturated carbocycles. The van der Waals surface area contributed by atoms with Crippen molar-refractivity contribution < 1.29 is 32.4 Å². The van der Waals surface area contributed by atoms with Crippen molar-refractivity contribution in [3.05, 3.63) is 90.5 Å². The number of nitro benzene ring substituents is 1. The summed E-state index contributed by atoms with van der Waals surface area (Å²) in [6, 6.07) is 13.7. The van der Waals surface area contributed by atoms with E-state index in [9.17, 15) is 33.3 Å². The number of aryl methyl sites for hydroxylation is 1. The molecule has 3 rings (SSSR count). The van der Waals surface area contributed by atoms with E-state index in [2.05, 4.69) is 5.32 Å². The summed E-state index contributed by atoms with van der Waals surface area (Å²) in [4.78, 5) is 23.0. The van der Waals surface area contributed by atoms with Crippen LogP contribution in [-0.2, 0) is 11.0 Å². The SMILES string of the molecule is COc1cc(/C=C(\C#N)C(=O)Nc2ccc(C)cc2)cc(I)c1Oc1ccc(C(F)(F)F)cc1[N+](=O)[O-]. The zero-order chi connectivity index (χ0) is 27.3. The molecule has 37 heavy (non-hydrogen) atoms. The van der Waals surface area contributed by atoms with Crippen molar-refractivity contribution >= 4 is 45.9 Å². The average Bonchev–Trinajstić information content (AvgIpc) is 2.84. The number of benzene rings is 3. The Kier molecular flexibility index (Phi) is 8.38. The van der Waals surface area contributed by atoms with Crippen LogP contribution in [0.4, 0.5) is 24.5 Å². The summed E-state index contributed by atoms with van der Waals surface area (Å²) in [7, 11) is 1.29. The Hall–Kier alpha value is -4.12. The normalized spacial score (nSPS) is 11.4. The number of carbonyl (C=O) groups is 1. The number of nitrogens with zero attached hydrogens (tertiary/aromatic N) is 2. The number of anilines is 1. The highest BCUT2D eigenvalue weighted by Crippen LogP contribution is 2.42. The van der Waals surface area contributed by atoms with Crippen molar-refractivity contribution in [2.75, 3.05) is 12.4 Å². The fraction of sp³-hybridized carbons (Fsp3) is 0.120. The van der Waals surface area contributed by atoms with Gasteiger partial charge in [-0.2, -0.15) is 18.4 Å². The van der Waals surface area contributed by atoms with Crippen molar-refractivity contribution in [1.82, 2.24) is 0 Å². The molecule has 8 nitrogen and oxygen atoms in total. The number of hydrogen-bond acceptors (Lipinski definition) is 6. The highest BCUT2D eigenvalue weighted by Gasteiger charge is 2.33. The van der Waals surface area contributed by atoms with Crippen molar-refractivity contribution in [3.63, 3.8) is 0 Å². The minimum atomic E-state index is -4.77. The molecule has 0 aliphatic rings. The largest absolute Gasteiger partial charge is 0.493 e. The van der Waals surface area contributed by atoms with Crippen molar-refractivity contribution in [3.8, 4) is 23.3 Å². The monoisotopic (exact) mass is 623 g/mol. The molecule has 1 N–H and O–H groups in total. The van der Waals surface area contributed by atoms with Crippen LogP contribution in [0.2, 0.25) is 0 Å². The maximum absolute atomic E-state index is 13.0. The molecule has 0 unspecified atom stereocenters. The van der Waals surface area contributed by atoms with E-state index in [1.165, 1.54) is 25.3 Å². The van der Waals surface area contributed by atoms with E-state index in [4.69, 9.17) is 9.47 Å². The Morgan fingerprint density at radius 3 is 2.38 bits per heavy atom. The number of nitro groups is 1. The van der Waals surface area contributed by atoms with Crippen LogP contribution in [0.1, 0.15) is 16.7 Å². The van der Waals surface area contributed by atoms with Crippen LogP contribution in [-0.4, -0.2) is 17.9 Å². The predicted molar refractivity (Wildman–Crippen MR) is 137 cm³/mol. The molecular weight excluding hydrogens is 606 g/mol. The number of rotatable bonds is 7. The quantitative estimate of drug-likeness (QED) is 0.101. The van der Waals surface area contributed by atoms with Crippen LogP contribution in [0.25, 0.3) is 6.08 Å². The van der Waals surface area contributed by atoms with Crippen LogP contribution in [0.15, 0.2) is 60.2 Å². The Balaban J connectivity index is 1.94. The number of ether oxygens (including phenoxy) is 2. The molecule has 12 heteroatoms. The number of nitriles is 1. The van der Waals surface area contributed by atoms with E-state index < -0.39 is 34.0 Å². The molecule has 1 amide bonds. The standard InChI is InChI=1S/C25H17F3IN3O5/c1-14-3-6-18(7-4-14)31-24(33)16(13-30)9-15-10-19(29)23(22(11-15)36-2)37-21-8-5-17(25(26,27)28)12-20(21)32(34)35/h3-12H,1-2H3,(H,31,33)/b16-9+. The summed E-state index contributed by atoms with van der Waals surface area (Å²) in [6.07, 6.45) is -3.45. The maximum Gasteiger partial charge on any atom is 0.416 e. The number of carbonyl (C=O) groups excluding carboxylic acids is 1. The zero-order valence-electron chi connectivity index (χ0n) is 19.2. The Morgan fingerprint density at radius 1 is 1.14 bits per heavy atom. The third kappa shape index (κ3) is 6.76. The van der Waals surface area contributed by atoms with E-state index in [0.717, 1.165) is 11.6 Å². The van der Waals surface area contributed by atoms with Gasteiger partial charge in [0.2, 0.25) is 5.75 Å². The van der Waals surface area contributed by atoms with Gasteiger partial charge in [0.25, 0.3) is 5.91 Å². The lowest BCUT2D eigenvalue weighted by molar-refractivity contribution is -0.385. The van der Waals surface area contributed by atoms with Gasteiger partial charge >= 0.3 is 11.9 Å². The van der Waals surface area contributed by atoms with Crippen LogP contribution >= 0.6 is 22.6 Å². The fourth-order valence-corrected chi connectivity index (χ4v) is 3.84. The van der Waals surface area contributed by atoms with E-state index in [0.29, 0.717) is 27.0 Å². The minimum absolute atomic E-state index is 0.00530. The van der Waals surface area contributed by atoms with Crippen LogP contribution in [0.3, 0.4) is 0 Å². The van der Waals surface area contributed by atoms with Gasteiger partial charge in [0, 0.05) is 11.8 Å². The van der Waals surface area contributed by atoms with Gasteiger partial charge in [0.15, 0.2) is 11.5 Å². The molecule has 0 saturated heterocycles. The van der Waals surface area contributed by atoms with Gasteiger partial charge in [-0.05, 0) is 77.6 Å². The Bertz CT molecular complexity index is 1430. The zero-order valence-corrected chi connectivity index (χ0v) is 21.4. The second-order valence-corrected chi connectivity index (χ2v) is 8.73. The van der Waals surface area contributed by atoms with Crippen molar-refractivity contribution in [1.29, 1.82) is 5.26 Å². The summed E-state index contributed by atoms with van der Waals surface area (Å²) in [5.74, 6) is -0.983. The minimum Gasteiger partial charge on any atom is -0.493 e. The van der Waals surface area contributed by atoms with Gasteiger partial charge in [-0.1, -0.05) is 17.7 Å². The van der Waals surface area contributed by atoms with Gasteiger partial charge in [-0.3, -0.25) is 14.9 Å². The molecule has 0 radical (unpaired) electrons. The first-order valence-corrected chi connectivity index (χ1v) is 11.4. The van der Waals surface area contributed by atoms with E-state index in [-0.39, 0.29) is 17.1 Å². The second kappa shape index (κ2) is 11.3. The lowest BCUT2D eigenvalue weighted by Gasteiger charge is -2.14. The summed E-state index contributed by atoms with van der Waals surface area (Å²) in [5.41, 5.74) is -0.389. The number of alkyl halides is 3. The molecular formula is C25H17F3IN3O5. The van der Waals surface area contributed by atoms with Gasteiger partial charge in [-0.15, -0.1) is 0 Å². The number of hydrogen-bond donors (Lipinski definition) is 1. The number of amides is 1. The highest BCUT2D eigenvalue weighted by molar-refractivity contribution is 14.1. The van der Waals surface area contributed by atoms with Gasteiger partial charge in [-0.25, -0.2) is 0 Å². The first kappa shape index (κ1) is 27.5. The van der Waals surface area contributed by atoms with Crippen LogP contribution in [0, 0.1) is 31.9 Å². The summed E-state index contributed by atoms with van der Waals surface area (Å²) >= 11 is 1.84. The van der Waals surface area contributed by atoms with Crippen LogP contribution in [0.5, 0.6) is 17.2 Å². The fourth-order valence-electron chi connectivity index (χ4n) is 3.11. The van der Waals surface area contributed by atoms with E-state index in [1.54, 1.807) is 24.3 Å². The lowest BCUT2D eigenvalue weighted by atomic mass is 10.1. The molecule has 0 fully saturated rings. The molecule has 0 aliphatic carbocycles. The number of halogens is 4. The molecule has 0 heterocycles. The third-order valence-corrected chi connectivity index (χ3v) is 5.73. The second-order valence-electron chi connectivity index (χ2n) is 7.56. The summed E-state index contributed by atoms with van der Waals surface area (Å²) in [6.45, 7) is 1.89.